The Morgan fingerprint density at radius 3 is 2.67 bits per heavy atom. The van der Waals surface area contributed by atoms with E-state index in [1.807, 2.05) is 12.1 Å². The number of rotatable bonds is 2. The van der Waals surface area contributed by atoms with E-state index >= 15 is 0 Å². The van der Waals surface area contributed by atoms with Crippen LogP contribution in [0, 0.1) is 0 Å². The van der Waals surface area contributed by atoms with Gasteiger partial charge in [0.2, 0.25) is 0 Å². The van der Waals surface area contributed by atoms with Gasteiger partial charge in [-0.15, -0.1) is 5.10 Å². The quantitative estimate of drug-likeness (QED) is 0.678. The van der Waals surface area contributed by atoms with Gasteiger partial charge in [-0.05, 0) is 62.8 Å². The second kappa shape index (κ2) is 5.63. The predicted molar refractivity (Wildman–Crippen MR) is 86.7 cm³/mol. The van der Waals surface area contributed by atoms with Gasteiger partial charge in [0.1, 0.15) is 0 Å². The van der Waals surface area contributed by atoms with Gasteiger partial charge in [-0.1, -0.05) is 23.2 Å². The van der Waals surface area contributed by atoms with Crippen LogP contribution in [0.2, 0.25) is 10.0 Å². The Balaban J connectivity index is 2.17. The third-order valence-electron chi connectivity index (χ3n) is 2.87. The van der Waals surface area contributed by atoms with Crippen molar-refractivity contribution in [2.45, 2.75) is 0 Å². The van der Waals surface area contributed by atoms with Gasteiger partial charge >= 0.3 is 0 Å². The molecule has 5 nitrogen and oxygen atoms in total. The van der Waals surface area contributed by atoms with E-state index in [9.17, 15) is 0 Å². The molecule has 0 saturated carbocycles. The monoisotopic (exact) mass is 383 g/mol. The molecule has 3 rings (SSSR count). The molecule has 1 aromatic heterocycles. The first-order valence-electron chi connectivity index (χ1n) is 5.85. The summed E-state index contributed by atoms with van der Waals surface area (Å²) in [5.41, 5.74) is 7.95. The zero-order valence-corrected chi connectivity index (χ0v) is 13.6. The number of tetrazole rings is 1. The Kier molecular flexibility index (Phi) is 3.84. The molecule has 0 spiro atoms. The van der Waals surface area contributed by atoms with Crippen molar-refractivity contribution in [3.63, 3.8) is 0 Å². The average Bonchev–Trinajstić information content (AvgIpc) is 2.93. The fourth-order valence-corrected chi connectivity index (χ4v) is 2.52. The molecule has 8 heteroatoms. The highest BCUT2D eigenvalue weighted by Gasteiger charge is 2.14. The summed E-state index contributed by atoms with van der Waals surface area (Å²) in [6, 6.07) is 10.6. The lowest BCUT2D eigenvalue weighted by atomic mass is 10.1. The Morgan fingerprint density at radius 1 is 1.10 bits per heavy atom. The van der Waals surface area contributed by atoms with Gasteiger partial charge in [-0.25, -0.2) is 0 Å². The molecule has 106 valence electrons. The predicted octanol–water partition coefficient (Wildman–Crippen LogP) is 3.98. The first-order chi connectivity index (χ1) is 10.1. The number of halogens is 3. The number of nitrogens with zero attached hydrogens (tertiary/aromatic N) is 4. The molecule has 3 aromatic rings. The van der Waals surface area contributed by atoms with Gasteiger partial charge in [0.15, 0.2) is 5.82 Å². The largest absolute Gasteiger partial charge is 0.398 e. The molecule has 0 fully saturated rings. The van der Waals surface area contributed by atoms with Crippen molar-refractivity contribution in [1.82, 2.24) is 20.2 Å². The van der Waals surface area contributed by atoms with E-state index in [4.69, 9.17) is 28.9 Å². The van der Waals surface area contributed by atoms with Gasteiger partial charge in [0, 0.05) is 20.7 Å². The lowest BCUT2D eigenvalue weighted by Gasteiger charge is -2.08. The normalized spacial score (nSPS) is 10.8. The van der Waals surface area contributed by atoms with E-state index < -0.39 is 0 Å². The Morgan fingerprint density at radius 2 is 1.90 bits per heavy atom. The SMILES string of the molecule is Nc1ccc(Cl)cc1-c1nnnn1-c1ccc(Cl)c(Br)c1. The number of nitrogen functional groups attached to an aromatic ring is 1. The summed E-state index contributed by atoms with van der Waals surface area (Å²) in [4.78, 5) is 0. The summed E-state index contributed by atoms with van der Waals surface area (Å²) in [5.74, 6) is 0.504. The van der Waals surface area contributed by atoms with E-state index in [0.717, 1.165) is 10.2 Å². The van der Waals surface area contributed by atoms with Crippen LogP contribution < -0.4 is 5.73 Å². The van der Waals surface area contributed by atoms with E-state index in [-0.39, 0.29) is 0 Å². The van der Waals surface area contributed by atoms with Crippen LogP contribution in [-0.2, 0) is 0 Å². The van der Waals surface area contributed by atoms with Crippen LogP contribution in [0.25, 0.3) is 17.1 Å². The minimum Gasteiger partial charge on any atom is -0.398 e. The Bertz CT molecular complexity index is 818. The molecule has 0 bridgehead atoms. The first-order valence-corrected chi connectivity index (χ1v) is 7.40. The fourth-order valence-electron chi connectivity index (χ4n) is 1.87. The van der Waals surface area contributed by atoms with Crippen molar-refractivity contribution >= 4 is 44.8 Å². The smallest absolute Gasteiger partial charge is 0.189 e. The molecule has 2 N–H and O–H groups in total. The van der Waals surface area contributed by atoms with Crippen molar-refractivity contribution in [3.05, 3.63) is 50.9 Å². The molecule has 0 amide bonds. The Hall–Kier alpha value is -1.63. The lowest BCUT2D eigenvalue weighted by Crippen LogP contribution is -2.01. The van der Waals surface area contributed by atoms with E-state index in [2.05, 4.69) is 31.5 Å². The van der Waals surface area contributed by atoms with Crippen LogP contribution >= 0.6 is 39.1 Å². The summed E-state index contributed by atoms with van der Waals surface area (Å²) < 4.78 is 2.32. The van der Waals surface area contributed by atoms with Crippen molar-refractivity contribution in [2.24, 2.45) is 0 Å². The molecule has 0 aliphatic rings. The van der Waals surface area contributed by atoms with Gasteiger partial charge < -0.3 is 5.73 Å². The molecular weight excluding hydrogens is 377 g/mol. The van der Waals surface area contributed by atoms with E-state index in [0.29, 0.717) is 27.1 Å². The molecule has 0 saturated heterocycles. The van der Waals surface area contributed by atoms with Crippen molar-refractivity contribution in [2.75, 3.05) is 5.73 Å². The number of benzene rings is 2. The van der Waals surface area contributed by atoms with Gasteiger partial charge in [-0.2, -0.15) is 4.68 Å². The second-order valence-electron chi connectivity index (χ2n) is 4.24. The van der Waals surface area contributed by atoms with Gasteiger partial charge in [0.05, 0.1) is 10.7 Å². The highest BCUT2D eigenvalue weighted by atomic mass is 79.9. The zero-order chi connectivity index (χ0) is 15.0. The van der Waals surface area contributed by atoms with Crippen molar-refractivity contribution in [3.8, 4) is 17.1 Å². The van der Waals surface area contributed by atoms with Crippen LogP contribution in [0.3, 0.4) is 0 Å². The average molecular weight is 385 g/mol. The minimum atomic E-state index is 0.504. The van der Waals surface area contributed by atoms with Crippen LogP contribution in [0.5, 0.6) is 0 Å². The van der Waals surface area contributed by atoms with Gasteiger partial charge in [0.25, 0.3) is 0 Å². The second-order valence-corrected chi connectivity index (χ2v) is 5.94. The molecule has 0 atom stereocenters. The molecule has 21 heavy (non-hydrogen) atoms. The molecule has 1 heterocycles. The van der Waals surface area contributed by atoms with Crippen LogP contribution in [0.15, 0.2) is 40.9 Å². The van der Waals surface area contributed by atoms with E-state index in [1.54, 1.807) is 28.9 Å². The van der Waals surface area contributed by atoms with Crippen LogP contribution in [0.1, 0.15) is 0 Å². The summed E-state index contributed by atoms with van der Waals surface area (Å²) in [6.45, 7) is 0. The summed E-state index contributed by atoms with van der Waals surface area (Å²) >= 11 is 15.4. The molecule has 2 aromatic carbocycles. The number of hydrogen-bond acceptors (Lipinski definition) is 4. The number of aromatic nitrogens is 4. The molecule has 0 aliphatic carbocycles. The number of nitrogens with two attached hydrogens (primary N) is 1. The zero-order valence-electron chi connectivity index (χ0n) is 10.5. The summed E-state index contributed by atoms with van der Waals surface area (Å²) in [6.07, 6.45) is 0. The van der Waals surface area contributed by atoms with Crippen LogP contribution in [0.4, 0.5) is 5.69 Å². The van der Waals surface area contributed by atoms with Gasteiger partial charge in [-0.3, -0.25) is 0 Å². The maximum Gasteiger partial charge on any atom is 0.189 e. The fraction of sp³-hybridized carbons (Fsp3) is 0. The number of anilines is 1. The minimum absolute atomic E-state index is 0.504. The summed E-state index contributed by atoms with van der Waals surface area (Å²) in [7, 11) is 0. The first kappa shape index (κ1) is 14.3. The highest BCUT2D eigenvalue weighted by Crippen LogP contribution is 2.30. The van der Waals surface area contributed by atoms with Crippen molar-refractivity contribution in [1.29, 1.82) is 0 Å². The standard InChI is InChI=1S/C13H8BrCl2N5/c14-10-6-8(2-3-11(10)16)21-13(18-19-20-21)9-5-7(15)1-4-12(9)17/h1-6H,17H2. The number of hydrogen-bond donors (Lipinski definition) is 1. The van der Waals surface area contributed by atoms with Crippen molar-refractivity contribution < 1.29 is 0 Å². The maximum atomic E-state index is 6.02. The maximum absolute atomic E-state index is 6.02. The van der Waals surface area contributed by atoms with Crippen LogP contribution in [-0.4, -0.2) is 20.2 Å². The molecular formula is C13H8BrCl2N5. The topological polar surface area (TPSA) is 69.6 Å². The summed E-state index contributed by atoms with van der Waals surface area (Å²) in [5, 5.41) is 12.9. The van der Waals surface area contributed by atoms with E-state index in [1.165, 1.54) is 0 Å². The molecule has 0 aliphatic heterocycles. The highest BCUT2D eigenvalue weighted by molar-refractivity contribution is 9.10. The molecule has 0 radical (unpaired) electrons. The third-order valence-corrected chi connectivity index (χ3v) is 4.32. The third kappa shape index (κ3) is 2.74. The molecule has 0 unspecified atom stereocenters. The Labute approximate surface area is 138 Å². The lowest BCUT2D eigenvalue weighted by molar-refractivity contribution is 0.791.